The lowest BCUT2D eigenvalue weighted by atomic mass is 10.4. The third kappa shape index (κ3) is 1.09. The van der Waals surface area contributed by atoms with Gasteiger partial charge in [0.05, 0.1) is 0 Å². The van der Waals surface area contributed by atoms with E-state index in [1.54, 1.807) is 11.3 Å². The van der Waals surface area contributed by atoms with E-state index in [4.69, 9.17) is 0 Å². The summed E-state index contributed by atoms with van der Waals surface area (Å²) in [5, 5.41) is 3.24. The molecule has 2 heterocycles. The Morgan fingerprint density at radius 3 is 2.83 bits per heavy atom. The number of fused-ring (bicyclic) bond motifs is 1. The van der Waals surface area contributed by atoms with Crippen LogP contribution in [0.3, 0.4) is 0 Å². The van der Waals surface area contributed by atoms with Crippen LogP contribution in [0.1, 0.15) is 6.42 Å². The summed E-state index contributed by atoms with van der Waals surface area (Å²) in [7, 11) is 0. The molecule has 1 aliphatic carbocycles. The molecule has 1 aromatic rings. The fraction of sp³-hybridized carbons (Fsp3) is 0.625. The van der Waals surface area contributed by atoms with Gasteiger partial charge in [-0.25, -0.2) is 4.98 Å². The molecule has 1 aromatic heterocycles. The van der Waals surface area contributed by atoms with Crippen molar-refractivity contribution in [1.29, 1.82) is 0 Å². The minimum atomic E-state index is 0.975. The molecule has 1 aliphatic heterocycles. The lowest BCUT2D eigenvalue weighted by molar-refractivity contribution is 0.815. The van der Waals surface area contributed by atoms with Crippen LogP contribution in [0.4, 0.5) is 5.13 Å². The van der Waals surface area contributed by atoms with E-state index in [-0.39, 0.29) is 0 Å². The van der Waals surface area contributed by atoms with Crippen molar-refractivity contribution in [2.24, 2.45) is 11.8 Å². The average Bonchev–Trinajstić information content (AvgIpc) is 2.49. The fourth-order valence-electron chi connectivity index (χ4n) is 1.95. The van der Waals surface area contributed by atoms with Crippen LogP contribution < -0.4 is 4.90 Å². The summed E-state index contributed by atoms with van der Waals surface area (Å²) in [5.74, 6) is 1.99. The molecule has 0 unspecified atom stereocenters. The van der Waals surface area contributed by atoms with Crippen molar-refractivity contribution in [3.05, 3.63) is 9.98 Å². The third-order valence-corrected chi connectivity index (χ3v) is 4.32. The Morgan fingerprint density at radius 1 is 1.50 bits per heavy atom. The van der Waals surface area contributed by atoms with Crippen molar-refractivity contribution >= 4 is 32.4 Å². The highest BCUT2D eigenvalue weighted by Gasteiger charge is 2.45. The van der Waals surface area contributed by atoms with Crippen LogP contribution in [0.2, 0.25) is 0 Å². The van der Waals surface area contributed by atoms with Gasteiger partial charge in [-0.05, 0) is 34.2 Å². The number of aromatic nitrogens is 1. The van der Waals surface area contributed by atoms with E-state index in [2.05, 4.69) is 31.2 Å². The van der Waals surface area contributed by atoms with Crippen LogP contribution in [-0.2, 0) is 0 Å². The van der Waals surface area contributed by atoms with Crippen LogP contribution in [-0.4, -0.2) is 18.1 Å². The molecule has 0 amide bonds. The Bertz CT molecular complexity index is 302. The molecule has 0 N–H and O–H groups in total. The highest BCUT2D eigenvalue weighted by Crippen LogP contribution is 2.46. The van der Waals surface area contributed by atoms with Gasteiger partial charge < -0.3 is 4.90 Å². The zero-order chi connectivity index (χ0) is 8.13. The summed E-state index contributed by atoms with van der Waals surface area (Å²) in [6.07, 6.45) is 1.46. The Morgan fingerprint density at radius 2 is 2.25 bits per heavy atom. The van der Waals surface area contributed by atoms with Gasteiger partial charge in [0, 0.05) is 18.5 Å². The van der Waals surface area contributed by atoms with Crippen LogP contribution in [0.5, 0.6) is 0 Å². The van der Waals surface area contributed by atoms with Crippen LogP contribution in [0.25, 0.3) is 0 Å². The van der Waals surface area contributed by atoms with Gasteiger partial charge in [-0.1, -0.05) is 0 Å². The monoisotopic (exact) mass is 244 g/mol. The van der Waals surface area contributed by atoms with Gasteiger partial charge >= 0.3 is 0 Å². The van der Waals surface area contributed by atoms with Gasteiger partial charge in [-0.3, -0.25) is 0 Å². The Hall–Kier alpha value is -0.0900. The van der Waals surface area contributed by atoms with E-state index in [0.717, 1.165) is 16.4 Å². The SMILES string of the molecule is Brc1csc(N2C[C@H]3C[C@H]3C2)n1. The van der Waals surface area contributed by atoms with Gasteiger partial charge in [0.25, 0.3) is 0 Å². The molecule has 1 saturated carbocycles. The predicted molar refractivity (Wildman–Crippen MR) is 53.6 cm³/mol. The molecule has 2 atom stereocenters. The third-order valence-electron chi connectivity index (χ3n) is 2.71. The normalized spacial score (nSPS) is 32.2. The molecule has 0 radical (unpaired) electrons. The summed E-state index contributed by atoms with van der Waals surface area (Å²) >= 11 is 5.12. The first-order valence-corrected chi connectivity index (χ1v) is 5.86. The standard InChI is InChI=1S/C8H9BrN2S/c9-7-4-12-8(10-7)11-2-5-1-6(5)3-11/h4-6H,1-3H2/t5-,6+. The lowest BCUT2D eigenvalue weighted by Gasteiger charge is -2.15. The largest absolute Gasteiger partial charge is 0.347 e. The van der Waals surface area contributed by atoms with Crippen molar-refractivity contribution in [3.63, 3.8) is 0 Å². The average molecular weight is 245 g/mol. The first-order valence-electron chi connectivity index (χ1n) is 4.19. The molecule has 12 heavy (non-hydrogen) atoms. The molecular formula is C8H9BrN2S. The topological polar surface area (TPSA) is 16.1 Å². The van der Waals surface area contributed by atoms with Crippen molar-refractivity contribution in [3.8, 4) is 0 Å². The summed E-state index contributed by atoms with van der Waals surface area (Å²) in [6.45, 7) is 2.48. The lowest BCUT2D eigenvalue weighted by Crippen LogP contribution is -2.21. The molecule has 2 nitrogen and oxygen atoms in total. The molecule has 4 heteroatoms. The molecular weight excluding hydrogens is 236 g/mol. The number of nitrogens with zero attached hydrogens (tertiary/aromatic N) is 2. The highest BCUT2D eigenvalue weighted by atomic mass is 79.9. The van der Waals surface area contributed by atoms with Crippen molar-refractivity contribution in [2.75, 3.05) is 18.0 Å². The van der Waals surface area contributed by atoms with E-state index in [1.165, 1.54) is 24.6 Å². The highest BCUT2D eigenvalue weighted by molar-refractivity contribution is 9.10. The van der Waals surface area contributed by atoms with Gasteiger partial charge in [0.2, 0.25) is 0 Å². The van der Waals surface area contributed by atoms with Crippen LogP contribution in [0, 0.1) is 11.8 Å². The molecule has 64 valence electrons. The zero-order valence-electron chi connectivity index (χ0n) is 6.53. The Kier molecular flexibility index (Phi) is 1.50. The number of rotatable bonds is 1. The number of piperidine rings is 1. The van der Waals surface area contributed by atoms with Crippen molar-refractivity contribution < 1.29 is 0 Å². The number of thiazole rings is 1. The van der Waals surface area contributed by atoms with Crippen LogP contribution in [0.15, 0.2) is 9.98 Å². The number of hydrogen-bond donors (Lipinski definition) is 0. The maximum Gasteiger partial charge on any atom is 0.186 e. The summed E-state index contributed by atoms with van der Waals surface area (Å²) in [4.78, 5) is 6.82. The van der Waals surface area contributed by atoms with E-state index in [9.17, 15) is 0 Å². The summed E-state index contributed by atoms with van der Waals surface area (Å²) in [6, 6.07) is 0. The Balaban J connectivity index is 1.81. The van der Waals surface area contributed by atoms with E-state index >= 15 is 0 Å². The minimum Gasteiger partial charge on any atom is -0.347 e. The minimum absolute atomic E-state index is 0.975. The second kappa shape index (κ2) is 2.45. The van der Waals surface area contributed by atoms with Gasteiger partial charge in [0.15, 0.2) is 5.13 Å². The van der Waals surface area contributed by atoms with Gasteiger partial charge in [0.1, 0.15) is 4.60 Å². The molecule has 0 aromatic carbocycles. The first-order chi connectivity index (χ1) is 5.83. The molecule has 0 spiro atoms. The number of anilines is 1. The molecule has 1 saturated heterocycles. The zero-order valence-corrected chi connectivity index (χ0v) is 8.94. The smallest absolute Gasteiger partial charge is 0.186 e. The summed E-state index contributed by atoms with van der Waals surface area (Å²) in [5.41, 5.74) is 0. The molecule has 3 rings (SSSR count). The second-order valence-corrected chi connectivity index (χ2v) is 5.26. The fourth-order valence-corrected chi connectivity index (χ4v) is 3.22. The molecule has 2 fully saturated rings. The van der Waals surface area contributed by atoms with Crippen molar-refractivity contribution in [1.82, 2.24) is 4.98 Å². The van der Waals surface area contributed by atoms with Crippen LogP contribution >= 0.6 is 27.3 Å². The Labute approximate surface area is 83.7 Å². The maximum atomic E-state index is 4.41. The summed E-state index contributed by atoms with van der Waals surface area (Å²) < 4.78 is 0.975. The van der Waals surface area contributed by atoms with E-state index in [1.807, 2.05) is 0 Å². The second-order valence-electron chi connectivity index (χ2n) is 3.61. The number of halogens is 1. The predicted octanol–water partition coefficient (Wildman–Crippen LogP) is 2.36. The maximum absolute atomic E-state index is 4.41. The molecule has 2 aliphatic rings. The quantitative estimate of drug-likeness (QED) is 0.755. The molecule has 0 bridgehead atoms. The van der Waals surface area contributed by atoms with Gasteiger partial charge in [-0.2, -0.15) is 0 Å². The first kappa shape index (κ1) is 7.33. The van der Waals surface area contributed by atoms with E-state index < -0.39 is 0 Å². The van der Waals surface area contributed by atoms with Gasteiger partial charge in [-0.15, -0.1) is 11.3 Å². The van der Waals surface area contributed by atoms with E-state index in [0.29, 0.717) is 0 Å². The van der Waals surface area contributed by atoms with Crippen molar-refractivity contribution in [2.45, 2.75) is 6.42 Å². The number of hydrogen-bond acceptors (Lipinski definition) is 3.